The van der Waals surface area contributed by atoms with E-state index in [9.17, 15) is 5.26 Å². The van der Waals surface area contributed by atoms with E-state index < -0.39 is 0 Å². The molecular formula is C25H24BrN5. The molecule has 5 nitrogen and oxygen atoms in total. The zero-order valence-electron chi connectivity index (χ0n) is 17.2. The smallest absolute Gasteiger partial charge is 0.121 e. The highest BCUT2D eigenvalue weighted by Gasteiger charge is 2.28. The molecular weight excluding hydrogens is 450 g/mol. The number of H-pyrrole nitrogens is 1. The van der Waals surface area contributed by atoms with Crippen LogP contribution in [0.2, 0.25) is 0 Å². The maximum absolute atomic E-state index is 9.59. The molecule has 4 aromatic rings. The number of hydrogen-bond donors (Lipinski definition) is 1. The summed E-state index contributed by atoms with van der Waals surface area (Å²) < 4.78 is 0. The van der Waals surface area contributed by atoms with Gasteiger partial charge >= 0.3 is 0 Å². The van der Waals surface area contributed by atoms with Crippen LogP contribution in [0.4, 0.5) is 0 Å². The first-order chi connectivity index (χ1) is 14.8. The molecule has 1 aliphatic rings. The normalized spacial score (nSPS) is 15.3. The van der Waals surface area contributed by atoms with Gasteiger partial charge in [0.2, 0.25) is 0 Å². The summed E-state index contributed by atoms with van der Waals surface area (Å²) in [5, 5.41) is 9.59. The quantitative estimate of drug-likeness (QED) is 0.416. The second-order valence-corrected chi connectivity index (χ2v) is 7.83. The summed E-state index contributed by atoms with van der Waals surface area (Å²) in [6.45, 7) is 1.36. The van der Waals surface area contributed by atoms with Gasteiger partial charge in [-0.2, -0.15) is 5.26 Å². The standard InChI is InChI=1S/C25H23N5.BrH/c26-15-19-7-1-2-8-20(19)16-30(17-24-28-21-11-3-4-12-22(21)29-24)23-13-5-9-18-10-6-14-27-25(18)23;/h1-4,6-8,10-12,14,23H,5,9,13,16-17H2,(H,28,29);1H. The largest absolute Gasteiger partial charge is 0.341 e. The summed E-state index contributed by atoms with van der Waals surface area (Å²) in [7, 11) is 0. The minimum absolute atomic E-state index is 0. The minimum atomic E-state index is 0. The molecule has 0 saturated carbocycles. The number of rotatable bonds is 5. The van der Waals surface area contributed by atoms with Gasteiger partial charge in [-0.25, -0.2) is 4.98 Å². The van der Waals surface area contributed by atoms with Gasteiger partial charge < -0.3 is 4.98 Å². The number of halogens is 1. The Hall–Kier alpha value is -3.01. The van der Waals surface area contributed by atoms with E-state index in [2.05, 4.69) is 28.1 Å². The second kappa shape index (κ2) is 9.42. The van der Waals surface area contributed by atoms with Crippen LogP contribution in [0.5, 0.6) is 0 Å². The van der Waals surface area contributed by atoms with Gasteiger partial charge in [-0.1, -0.05) is 36.4 Å². The van der Waals surface area contributed by atoms with Gasteiger partial charge in [0, 0.05) is 12.7 Å². The fourth-order valence-corrected chi connectivity index (χ4v) is 4.48. The molecule has 2 aromatic heterocycles. The number of para-hydroxylation sites is 2. The third kappa shape index (κ3) is 4.39. The zero-order chi connectivity index (χ0) is 20.3. The Balaban J connectivity index is 0.00000231. The molecule has 1 N–H and O–H groups in total. The summed E-state index contributed by atoms with van der Waals surface area (Å²) in [6, 6.07) is 22.7. The second-order valence-electron chi connectivity index (χ2n) is 7.83. The van der Waals surface area contributed by atoms with Crippen LogP contribution >= 0.6 is 17.0 Å². The molecule has 0 aliphatic heterocycles. The lowest BCUT2D eigenvalue weighted by atomic mass is 9.90. The first-order valence-corrected chi connectivity index (χ1v) is 10.4. The van der Waals surface area contributed by atoms with E-state index in [1.165, 1.54) is 5.56 Å². The van der Waals surface area contributed by atoms with Gasteiger partial charge in [-0.15, -0.1) is 17.0 Å². The van der Waals surface area contributed by atoms with E-state index in [0.29, 0.717) is 13.1 Å². The van der Waals surface area contributed by atoms with E-state index in [4.69, 9.17) is 9.97 Å². The van der Waals surface area contributed by atoms with E-state index in [1.807, 2.05) is 54.7 Å². The molecule has 0 saturated heterocycles. The van der Waals surface area contributed by atoms with Gasteiger partial charge in [0.25, 0.3) is 0 Å². The van der Waals surface area contributed by atoms with Crippen molar-refractivity contribution in [3.63, 3.8) is 0 Å². The Morgan fingerprint density at radius 3 is 2.74 bits per heavy atom. The van der Waals surface area contributed by atoms with Crippen LogP contribution in [-0.2, 0) is 19.5 Å². The highest BCUT2D eigenvalue weighted by molar-refractivity contribution is 8.93. The lowest BCUT2D eigenvalue weighted by Gasteiger charge is -2.34. The number of imidazole rings is 1. The van der Waals surface area contributed by atoms with Crippen molar-refractivity contribution in [2.75, 3.05) is 0 Å². The highest BCUT2D eigenvalue weighted by Crippen LogP contribution is 2.35. The molecule has 0 amide bonds. The molecule has 1 atom stereocenters. The maximum atomic E-state index is 9.59. The van der Waals surface area contributed by atoms with Crippen molar-refractivity contribution < 1.29 is 0 Å². The zero-order valence-corrected chi connectivity index (χ0v) is 18.9. The topological polar surface area (TPSA) is 68.6 Å². The van der Waals surface area contributed by atoms with Crippen LogP contribution in [-0.4, -0.2) is 19.9 Å². The van der Waals surface area contributed by atoms with E-state index in [1.54, 1.807) is 0 Å². The number of pyridine rings is 1. The molecule has 6 heteroatoms. The van der Waals surface area contributed by atoms with Crippen molar-refractivity contribution in [1.82, 2.24) is 19.9 Å². The molecule has 0 bridgehead atoms. The highest BCUT2D eigenvalue weighted by atomic mass is 79.9. The molecule has 1 aliphatic carbocycles. The molecule has 5 rings (SSSR count). The van der Waals surface area contributed by atoms with Gasteiger partial charge in [0.15, 0.2) is 0 Å². The summed E-state index contributed by atoms with van der Waals surface area (Å²) >= 11 is 0. The van der Waals surface area contributed by atoms with Crippen molar-refractivity contribution in [2.45, 2.75) is 38.4 Å². The van der Waals surface area contributed by atoms with Gasteiger partial charge in [0.05, 0.1) is 40.9 Å². The third-order valence-electron chi connectivity index (χ3n) is 5.91. The van der Waals surface area contributed by atoms with Crippen molar-refractivity contribution in [3.05, 3.63) is 95.1 Å². The lowest BCUT2D eigenvalue weighted by molar-refractivity contribution is 0.153. The lowest BCUT2D eigenvalue weighted by Crippen LogP contribution is -2.32. The number of aryl methyl sites for hydroxylation is 1. The minimum Gasteiger partial charge on any atom is -0.341 e. The van der Waals surface area contributed by atoms with Crippen LogP contribution in [0.15, 0.2) is 66.9 Å². The number of nitrogens with one attached hydrogen (secondary N) is 1. The predicted octanol–water partition coefficient (Wildman–Crippen LogP) is 5.49. The van der Waals surface area contributed by atoms with Crippen molar-refractivity contribution in [1.29, 1.82) is 5.26 Å². The Kier molecular flexibility index (Phi) is 6.45. The van der Waals surface area contributed by atoms with Crippen LogP contribution in [0, 0.1) is 11.3 Å². The van der Waals surface area contributed by atoms with Crippen molar-refractivity contribution >= 4 is 28.0 Å². The average Bonchev–Trinajstić information content (AvgIpc) is 3.21. The first-order valence-electron chi connectivity index (χ1n) is 10.4. The molecule has 1 unspecified atom stereocenters. The molecule has 0 fully saturated rings. The number of nitrogens with zero attached hydrogens (tertiary/aromatic N) is 4. The van der Waals surface area contributed by atoms with Crippen molar-refractivity contribution in [2.24, 2.45) is 0 Å². The number of benzene rings is 2. The molecule has 31 heavy (non-hydrogen) atoms. The average molecular weight is 474 g/mol. The van der Waals surface area contributed by atoms with Crippen LogP contribution in [0.1, 0.15) is 47.1 Å². The predicted molar refractivity (Wildman–Crippen MR) is 127 cm³/mol. The first kappa shape index (κ1) is 21.2. The number of fused-ring (bicyclic) bond motifs is 2. The van der Waals surface area contributed by atoms with Gasteiger partial charge in [-0.05, 0) is 54.7 Å². The number of aromatic amines is 1. The maximum Gasteiger partial charge on any atom is 0.121 e. The Bertz CT molecular complexity index is 1190. The summed E-state index contributed by atoms with van der Waals surface area (Å²) in [5.74, 6) is 0.939. The number of hydrogen-bond acceptors (Lipinski definition) is 4. The van der Waals surface area contributed by atoms with Crippen molar-refractivity contribution in [3.8, 4) is 6.07 Å². The van der Waals surface area contributed by atoms with E-state index >= 15 is 0 Å². The third-order valence-corrected chi connectivity index (χ3v) is 5.91. The van der Waals surface area contributed by atoms with Crippen LogP contribution in [0.25, 0.3) is 11.0 Å². The fourth-order valence-electron chi connectivity index (χ4n) is 4.48. The monoisotopic (exact) mass is 473 g/mol. The van der Waals surface area contributed by atoms with Gasteiger partial charge in [0.1, 0.15) is 5.82 Å². The van der Waals surface area contributed by atoms with E-state index in [-0.39, 0.29) is 23.0 Å². The molecule has 0 radical (unpaired) electrons. The Morgan fingerprint density at radius 1 is 1.03 bits per heavy atom. The summed E-state index contributed by atoms with van der Waals surface area (Å²) in [4.78, 5) is 15.4. The number of aromatic nitrogens is 3. The Labute approximate surface area is 192 Å². The van der Waals surface area contributed by atoms with Crippen LogP contribution < -0.4 is 0 Å². The summed E-state index contributed by atoms with van der Waals surface area (Å²) in [5.41, 5.74) is 6.29. The molecule has 156 valence electrons. The molecule has 2 aromatic carbocycles. The fraction of sp³-hybridized carbons (Fsp3) is 0.240. The summed E-state index contributed by atoms with van der Waals surface area (Å²) in [6.07, 6.45) is 5.16. The SMILES string of the molecule is Br.N#Cc1ccccc1CN(Cc1nc2ccccc2[nH]1)C1CCCc2cccnc21. The van der Waals surface area contributed by atoms with Crippen LogP contribution in [0.3, 0.4) is 0 Å². The van der Waals surface area contributed by atoms with E-state index in [0.717, 1.165) is 52.9 Å². The molecule has 0 spiro atoms. The number of nitriles is 1. The molecule has 2 heterocycles. The Morgan fingerprint density at radius 2 is 1.87 bits per heavy atom. The van der Waals surface area contributed by atoms with Gasteiger partial charge in [-0.3, -0.25) is 9.88 Å².